The smallest absolute Gasteiger partial charge is 0.237 e. The molecule has 0 bridgehead atoms. The number of carbonyl (C=O) groups is 1. The van der Waals surface area contributed by atoms with Crippen LogP contribution in [0.15, 0.2) is 18.3 Å². The van der Waals surface area contributed by atoms with Crippen molar-refractivity contribution in [2.24, 2.45) is 5.92 Å². The lowest BCUT2D eigenvalue weighted by Gasteiger charge is -2.33. The Bertz CT molecular complexity index is 516. The van der Waals surface area contributed by atoms with Crippen molar-refractivity contribution in [1.82, 2.24) is 20.5 Å². The lowest BCUT2D eigenvalue weighted by Crippen LogP contribution is -2.45. The molecular formula is C18H29ClN4O. The van der Waals surface area contributed by atoms with Crippen molar-refractivity contribution in [3.63, 3.8) is 0 Å². The van der Waals surface area contributed by atoms with Gasteiger partial charge in [0.2, 0.25) is 5.91 Å². The number of nitrogens with one attached hydrogen (secondary N) is 2. The van der Waals surface area contributed by atoms with Crippen molar-refractivity contribution in [2.45, 2.75) is 45.2 Å². The van der Waals surface area contributed by atoms with Gasteiger partial charge in [-0.1, -0.05) is 6.07 Å². The van der Waals surface area contributed by atoms with E-state index in [1.807, 2.05) is 13.1 Å². The first-order chi connectivity index (χ1) is 11.2. The standard InChI is InChI=1S/C18H28N4O.ClH/c1-14-6-7-16(10-20-14)13-22-9-3-4-15(12-22)11-21-18(23)17-5-2-8-19-17;/h6-7,10,15,17,19H,2-5,8-9,11-13H2,1H3,(H,21,23);1H. The van der Waals surface area contributed by atoms with Gasteiger partial charge in [0.15, 0.2) is 0 Å². The summed E-state index contributed by atoms with van der Waals surface area (Å²) in [5.41, 5.74) is 2.34. The van der Waals surface area contributed by atoms with Crippen LogP contribution in [-0.2, 0) is 11.3 Å². The third kappa shape index (κ3) is 5.43. The maximum Gasteiger partial charge on any atom is 0.237 e. The van der Waals surface area contributed by atoms with Gasteiger partial charge in [-0.3, -0.25) is 14.7 Å². The lowest BCUT2D eigenvalue weighted by molar-refractivity contribution is -0.123. The lowest BCUT2D eigenvalue weighted by atomic mass is 9.97. The number of halogens is 1. The predicted octanol–water partition coefficient (Wildman–Crippen LogP) is 1.89. The summed E-state index contributed by atoms with van der Waals surface area (Å²) in [6.07, 6.45) is 6.48. The van der Waals surface area contributed by atoms with Gasteiger partial charge in [0.1, 0.15) is 0 Å². The normalized spacial score (nSPS) is 24.4. The highest BCUT2D eigenvalue weighted by molar-refractivity contribution is 5.85. The number of nitrogens with zero attached hydrogens (tertiary/aromatic N) is 2. The zero-order valence-corrected chi connectivity index (χ0v) is 15.3. The topological polar surface area (TPSA) is 57.3 Å². The molecule has 2 N–H and O–H groups in total. The summed E-state index contributed by atoms with van der Waals surface area (Å²) in [7, 11) is 0. The molecule has 1 amide bonds. The molecule has 1 aromatic rings. The SMILES string of the molecule is Cc1ccc(CN2CCCC(CNC(=O)C3CCCN3)C2)cn1.Cl. The molecule has 2 saturated heterocycles. The molecule has 134 valence electrons. The zero-order valence-electron chi connectivity index (χ0n) is 14.5. The summed E-state index contributed by atoms with van der Waals surface area (Å²) >= 11 is 0. The number of pyridine rings is 1. The molecule has 2 fully saturated rings. The highest BCUT2D eigenvalue weighted by atomic mass is 35.5. The molecule has 0 spiro atoms. The molecule has 0 saturated carbocycles. The Kier molecular flexibility index (Phi) is 7.46. The quantitative estimate of drug-likeness (QED) is 0.849. The Morgan fingerprint density at radius 3 is 2.96 bits per heavy atom. The molecule has 0 aliphatic carbocycles. The molecule has 2 unspecified atom stereocenters. The van der Waals surface area contributed by atoms with E-state index in [-0.39, 0.29) is 24.4 Å². The first kappa shape index (κ1) is 19.2. The molecule has 2 aliphatic heterocycles. The second-order valence-corrected chi connectivity index (χ2v) is 6.95. The van der Waals surface area contributed by atoms with Crippen LogP contribution in [0.25, 0.3) is 0 Å². The molecule has 0 aromatic carbocycles. The number of piperidine rings is 1. The minimum Gasteiger partial charge on any atom is -0.354 e. The zero-order chi connectivity index (χ0) is 16.1. The average Bonchev–Trinajstić information content (AvgIpc) is 3.10. The van der Waals surface area contributed by atoms with Crippen LogP contribution < -0.4 is 10.6 Å². The van der Waals surface area contributed by atoms with Crippen LogP contribution in [0.5, 0.6) is 0 Å². The van der Waals surface area contributed by atoms with E-state index in [2.05, 4.69) is 32.7 Å². The monoisotopic (exact) mass is 352 g/mol. The number of rotatable bonds is 5. The molecule has 2 atom stereocenters. The van der Waals surface area contributed by atoms with E-state index in [1.165, 1.54) is 18.4 Å². The van der Waals surface area contributed by atoms with Gasteiger partial charge in [0.25, 0.3) is 0 Å². The summed E-state index contributed by atoms with van der Waals surface area (Å²) < 4.78 is 0. The molecular weight excluding hydrogens is 324 g/mol. The van der Waals surface area contributed by atoms with Crippen molar-refractivity contribution in [3.05, 3.63) is 29.6 Å². The maximum absolute atomic E-state index is 12.1. The van der Waals surface area contributed by atoms with Gasteiger partial charge in [-0.05, 0) is 63.2 Å². The second-order valence-electron chi connectivity index (χ2n) is 6.95. The predicted molar refractivity (Wildman–Crippen MR) is 98.3 cm³/mol. The number of aryl methyl sites for hydroxylation is 1. The van der Waals surface area contributed by atoms with Crippen LogP contribution in [-0.4, -0.2) is 48.0 Å². The molecule has 2 aliphatic rings. The van der Waals surface area contributed by atoms with E-state index in [1.54, 1.807) is 0 Å². The van der Waals surface area contributed by atoms with Crippen LogP contribution in [0.3, 0.4) is 0 Å². The van der Waals surface area contributed by atoms with Gasteiger partial charge < -0.3 is 10.6 Å². The fraction of sp³-hybridized carbons (Fsp3) is 0.667. The Morgan fingerprint density at radius 1 is 1.38 bits per heavy atom. The number of aromatic nitrogens is 1. The number of carbonyl (C=O) groups excluding carboxylic acids is 1. The van der Waals surface area contributed by atoms with Crippen molar-refractivity contribution in [1.29, 1.82) is 0 Å². The Morgan fingerprint density at radius 2 is 2.25 bits per heavy atom. The largest absolute Gasteiger partial charge is 0.354 e. The molecule has 24 heavy (non-hydrogen) atoms. The van der Waals surface area contributed by atoms with E-state index in [4.69, 9.17) is 0 Å². The minimum absolute atomic E-state index is 0. The third-order valence-corrected chi connectivity index (χ3v) is 4.92. The summed E-state index contributed by atoms with van der Waals surface area (Å²) in [4.78, 5) is 19.0. The van der Waals surface area contributed by atoms with Crippen LogP contribution >= 0.6 is 12.4 Å². The summed E-state index contributed by atoms with van der Waals surface area (Å²) in [6.45, 7) is 6.96. The van der Waals surface area contributed by atoms with Gasteiger partial charge in [0, 0.05) is 31.5 Å². The Balaban J connectivity index is 0.00000208. The second kappa shape index (κ2) is 9.35. The number of amides is 1. The first-order valence-corrected chi connectivity index (χ1v) is 8.85. The Labute approximate surface area is 151 Å². The number of hydrogen-bond donors (Lipinski definition) is 2. The van der Waals surface area contributed by atoms with Gasteiger partial charge >= 0.3 is 0 Å². The summed E-state index contributed by atoms with van der Waals surface area (Å²) in [5.74, 6) is 0.745. The third-order valence-electron chi connectivity index (χ3n) is 4.92. The van der Waals surface area contributed by atoms with E-state index < -0.39 is 0 Å². The molecule has 3 rings (SSSR count). The van der Waals surface area contributed by atoms with Gasteiger partial charge in [-0.15, -0.1) is 12.4 Å². The average molecular weight is 353 g/mol. The fourth-order valence-corrected chi connectivity index (χ4v) is 3.59. The van der Waals surface area contributed by atoms with Crippen LogP contribution in [0, 0.1) is 12.8 Å². The molecule has 1 aromatic heterocycles. The molecule has 3 heterocycles. The molecule has 5 nitrogen and oxygen atoms in total. The van der Waals surface area contributed by atoms with E-state index in [9.17, 15) is 4.79 Å². The van der Waals surface area contributed by atoms with Crippen molar-refractivity contribution < 1.29 is 4.79 Å². The minimum atomic E-state index is 0. The maximum atomic E-state index is 12.1. The van der Waals surface area contributed by atoms with Crippen molar-refractivity contribution in [2.75, 3.05) is 26.2 Å². The van der Waals surface area contributed by atoms with Gasteiger partial charge in [0.05, 0.1) is 6.04 Å². The number of likely N-dealkylation sites (tertiary alicyclic amines) is 1. The van der Waals surface area contributed by atoms with Crippen molar-refractivity contribution >= 4 is 18.3 Å². The number of hydrogen-bond acceptors (Lipinski definition) is 4. The fourth-order valence-electron chi connectivity index (χ4n) is 3.59. The van der Waals surface area contributed by atoms with E-state index in [0.717, 1.165) is 51.3 Å². The van der Waals surface area contributed by atoms with Gasteiger partial charge in [-0.2, -0.15) is 0 Å². The molecule has 6 heteroatoms. The Hall–Kier alpha value is -1.17. The highest BCUT2D eigenvalue weighted by Gasteiger charge is 2.24. The van der Waals surface area contributed by atoms with Crippen LogP contribution in [0.2, 0.25) is 0 Å². The molecule has 0 radical (unpaired) electrons. The first-order valence-electron chi connectivity index (χ1n) is 8.85. The van der Waals surface area contributed by atoms with Crippen LogP contribution in [0.1, 0.15) is 36.9 Å². The van der Waals surface area contributed by atoms with Crippen LogP contribution in [0.4, 0.5) is 0 Å². The summed E-state index contributed by atoms with van der Waals surface area (Å²) in [6, 6.07) is 4.28. The summed E-state index contributed by atoms with van der Waals surface area (Å²) in [5, 5.41) is 6.41. The van der Waals surface area contributed by atoms with Crippen molar-refractivity contribution in [3.8, 4) is 0 Å². The van der Waals surface area contributed by atoms with E-state index in [0.29, 0.717) is 5.92 Å². The highest BCUT2D eigenvalue weighted by Crippen LogP contribution is 2.18. The van der Waals surface area contributed by atoms with Gasteiger partial charge in [-0.25, -0.2) is 0 Å². The van der Waals surface area contributed by atoms with E-state index >= 15 is 0 Å².